The van der Waals surface area contributed by atoms with Crippen molar-refractivity contribution in [3.8, 4) is 5.75 Å². The van der Waals surface area contributed by atoms with Crippen molar-refractivity contribution in [1.29, 1.82) is 0 Å². The lowest BCUT2D eigenvalue weighted by atomic mass is 9.95. The summed E-state index contributed by atoms with van der Waals surface area (Å²) in [4.78, 5) is 11.4. The number of Topliss-reactive ketones (excluding diaryl/α,β-unsaturated/α-hetero) is 1. The fourth-order valence-corrected chi connectivity index (χ4v) is 3.09. The highest BCUT2D eigenvalue weighted by molar-refractivity contribution is 6.32. The molecule has 0 N–H and O–H groups in total. The number of ether oxygens (including phenoxy) is 1. The van der Waals surface area contributed by atoms with Gasteiger partial charge in [0.05, 0.1) is 10.6 Å². The molecule has 13 heteroatoms. The molecule has 0 heterocycles. The van der Waals surface area contributed by atoms with Crippen LogP contribution in [0.3, 0.4) is 0 Å². The average Bonchev–Trinajstić information content (AvgIpc) is 2.68. The van der Waals surface area contributed by atoms with Gasteiger partial charge in [-0.1, -0.05) is 29.8 Å². The van der Waals surface area contributed by atoms with E-state index in [1.165, 1.54) is 0 Å². The van der Waals surface area contributed by atoms with Gasteiger partial charge in [-0.05, 0) is 36.8 Å². The van der Waals surface area contributed by atoms with Gasteiger partial charge in [-0.25, -0.2) is 4.39 Å². The molecule has 1 atom stereocenters. The van der Waals surface area contributed by atoms with Gasteiger partial charge in [0.15, 0.2) is 12.4 Å². The number of ketones is 1. The predicted molar refractivity (Wildman–Crippen MR) is 102 cm³/mol. The molecule has 2 aromatic carbocycles. The van der Waals surface area contributed by atoms with Crippen LogP contribution in [0.25, 0.3) is 5.83 Å². The smallest absolute Gasteiger partial charge is 0.422 e. The largest absolute Gasteiger partial charge is 0.483 e. The molecular weight excluding hydrogens is 510 g/mol. The molecular formula is C21H13ClF10O2. The Bertz CT molecular complexity index is 1080. The van der Waals surface area contributed by atoms with Crippen molar-refractivity contribution >= 4 is 23.2 Å². The van der Waals surface area contributed by atoms with Gasteiger partial charge in [-0.3, -0.25) is 4.79 Å². The third-order valence-electron chi connectivity index (χ3n) is 4.35. The van der Waals surface area contributed by atoms with E-state index >= 15 is 0 Å². The third-order valence-corrected chi connectivity index (χ3v) is 4.65. The number of hydrogen-bond acceptors (Lipinski definition) is 2. The Hall–Kier alpha value is -2.76. The maximum Gasteiger partial charge on any atom is 0.422 e. The first-order valence-corrected chi connectivity index (χ1v) is 9.43. The SMILES string of the molecule is CC(=O)c1ccc(/C(F)=C/C(c2ccc(OCC(F)(F)F)c(Cl)c2)C(F)(F)F)cc1C(F)(F)F. The number of carbonyl (C=O) groups is 1. The van der Waals surface area contributed by atoms with Crippen LogP contribution in [0.1, 0.15) is 39.9 Å². The van der Waals surface area contributed by atoms with E-state index in [2.05, 4.69) is 4.74 Å². The summed E-state index contributed by atoms with van der Waals surface area (Å²) in [5.41, 5.74) is -3.90. The van der Waals surface area contributed by atoms with Crippen LogP contribution in [0.4, 0.5) is 43.9 Å². The van der Waals surface area contributed by atoms with E-state index in [4.69, 9.17) is 11.6 Å². The van der Waals surface area contributed by atoms with Crippen LogP contribution >= 0.6 is 11.6 Å². The molecule has 186 valence electrons. The summed E-state index contributed by atoms with van der Waals surface area (Å²) in [6.07, 6.45) is -15.0. The van der Waals surface area contributed by atoms with Gasteiger partial charge in [0, 0.05) is 11.1 Å². The molecule has 34 heavy (non-hydrogen) atoms. The molecule has 0 aliphatic heterocycles. The monoisotopic (exact) mass is 522 g/mol. The lowest BCUT2D eigenvalue weighted by Gasteiger charge is -2.19. The number of hydrogen-bond donors (Lipinski definition) is 0. The summed E-state index contributed by atoms with van der Waals surface area (Å²) in [6.45, 7) is -0.928. The molecule has 0 bridgehead atoms. The highest BCUT2D eigenvalue weighted by Gasteiger charge is 2.41. The molecule has 0 saturated carbocycles. The second-order valence-electron chi connectivity index (χ2n) is 6.94. The Kier molecular flexibility index (Phi) is 7.96. The number of carbonyl (C=O) groups excluding carboxylic acids is 1. The normalized spacial score (nSPS) is 14.2. The van der Waals surface area contributed by atoms with Crippen LogP contribution in [0.2, 0.25) is 5.02 Å². The minimum Gasteiger partial charge on any atom is -0.483 e. The predicted octanol–water partition coefficient (Wildman–Crippen LogP) is 8.16. The quantitative estimate of drug-likeness (QED) is 0.283. The zero-order chi connectivity index (χ0) is 26.1. The fraction of sp³-hybridized carbons (Fsp3) is 0.286. The van der Waals surface area contributed by atoms with Crippen molar-refractivity contribution in [3.63, 3.8) is 0 Å². The van der Waals surface area contributed by atoms with Crippen LogP contribution in [-0.4, -0.2) is 24.7 Å². The van der Waals surface area contributed by atoms with Crippen LogP contribution in [0.15, 0.2) is 42.5 Å². The summed E-state index contributed by atoms with van der Waals surface area (Å²) in [7, 11) is 0. The Balaban J connectivity index is 2.49. The molecule has 0 spiro atoms. The number of benzene rings is 2. The lowest BCUT2D eigenvalue weighted by Crippen LogP contribution is -2.20. The summed E-state index contributed by atoms with van der Waals surface area (Å²) in [6, 6.07) is 3.58. The van der Waals surface area contributed by atoms with Crippen molar-refractivity contribution in [3.05, 3.63) is 69.8 Å². The highest BCUT2D eigenvalue weighted by atomic mass is 35.5. The standard InChI is InChI=1S/C21H13ClF10O2/c1-10(33)13-4-2-12(6-15(13)21(30,31)32)17(23)8-14(20(27,28)29)11-3-5-18(16(22)7-11)34-9-19(24,25)26/h2-8,14H,9H2,1H3/b17-8-. The van der Waals surface area contributed by atoms with Crippen LogP contribution in [-0.2, 0) is 6.18 Å². The number of alkyl halides is 9. The minimum atomic E-state index is -5.15. The first kappa shape index (κ1) is 27.5. The van der Waals surface area contributed by atoms with Gasteiger partial charge < -0.3 is 4.74 Å². The summed E-state index contributed by atoms with van der Waals surface area (Å²) >= 11 is 5.69. The van der Waals surface area contributed by atoms with Crippen molar-refractivity contribution < 1.29 is 53.4 Å². The molecule has 2 nitrogen and oxygen atoms in total. The third kappa shape index (κ3) is 7.12. The van der Waals surface area contributed by atoms with E-state index in [0.29, 0.717) is 24.3 Å². The zero-order valence-corrected chi connectivity index (χ0v) is 17.6. The van der Waals surface area contributed by atoms with Gasteiger partial charge in [-0.2, -0.15) is 39.5 Å². The van der Waals surface area contributed by atoms with E-state index in [1.54, 1.807) is 0 Å². The topological polar surface area (TPSA) is 26.3 Å². The number of allylic oxidation sites excluding steroid dienone is 1. The Labute approximate surface area is 190 Å². The summed E-state index contributed by atoms with van der Waals surface area (Å²) in [5.74, 6) is -5.97. The second-order valence-corrected chi connectivity index (χ2v) is 7.35. The van der Waals surface area contributed by atoms with E-state index < -0.39 is 75.7 Å². The van der Waals surface area contributed by atoms with Crippen molar-refractivity contribution in [2.45, 2.75) is 31.4 Å². The molecule has 1 unspecified atom stereocenters. The van der Waals surface area contributed by atoms with Gasteiger partial charge in [0.2, 0.25) is 0 Å². The van der Waals surface area contributed by atoms with Crippen LogP contribution in [0, 0.1) is 0 Å². The van der Waals surface area contributed by atoms with E-state index in [0.717, 1.165) is 13.0 Å². The molecule has 2 aromatic rings. The number of rotatable bonds is 6. The zero-order valence-electron chi connectivity index (χ0n) is 16.8. The van der Waals surface area contributed by atoms with Crippen molar-refractivity contribution in [2.24, 2.45) is 0 Å². The van der Waals surface area contributed by atoms with Gasteiger partial charge in [-0.15, -0.1) is 0 Å². The minimum absolute atomic E-state index is 0.00909. The van der Waals surface area contributed by atoms with E-state index in [-0.39, 0.29) is 12.1 Å². The van der Waals surface area contributed by atoms with Gasteiger partial charge in [0.25, 0.3) is 0 Å². The van der Waals surface area contributed by atoms with Crippen molar-refractivity contribution in [1.82, 2.24) is 0 Å². The van der Waals surface area contributed by atoms with Crippen LogP contribution < -0.4 is 4.74 Å². The Morgan fingerprint density at radius 2 is 1.62 bits per heavy atom. The molecule has 0 saturated heterocycles. The fourth-order valence-electron chi connectivity index (χ4n) is 2.84. The highest BCUT2D eigenvalue weighted by Crippen LogP contribution is 2.41. The first-order valence-electron chi connectivity index (χ1n) is 9.05. The Morgan fingerprint density at radius 3 is 2.09 bits per heavy atom. The number of halogens is 11. The Morgan fingerprint density at radius 1 is 1.00 bits per heavy atom. The molecule has 0 radical (unpaired) electrons. The maximum absolute atomic E-state index is 14.7. The second kappa shape index (κ2) is 9.85. The molecule has 0 aliphatic carbocycles. The van der Waals surface area contributed by atoms with Gasteiger partial charge >= 0.3 is 18.5 Å². The maximum atomic E-state index is 14.7. The molecule has 2 rings (SSSR count). The summed E-state index contributed by atoms with van der Waals surface area (Å²) in [5, 5.41) is -0.630. The molecule has 0 amide bonds. The molecule has 0 fully saturated rings. The average molecular weight is 523 g/mol. The van der Waals surface area contributed by atoms with E-state index in [9.17, 15) is 48.7 Å². The van der Waals surface area contributed by atoms with Crippen molar-refractivity contribution in [2.75, 3.05) is 6.61 Å². The summed E-state index contributed by atoms with van der Waals surface area (Å²) < 4.78 is 136. The molecule has 0 aliphatic rings. The van der Waals surface area contributed by atoms with Gasteiger partial charge in [0.1, 0.15) is 17.5 Å². The molecule has 0 aromatic heterocycles. The van der Waals surface area contributed by atoms with E-state index in [1.807, 2.05) is 0 Å². The first-order chi connectivity index (χ1) is 15.4. The lowest BCUT2D eigenvalue weighted by molar-refractivity contribution is -0.153. The van der Waals surface area contributed by atoms with Crippen LogP contribution in [0.5, 0.6) is 5.75 Å².